The number of ether oxygens (including phenoxy) is 1. The van der Waals surface area contributed by atoms with Crippen LogP contribution in [0.15, 0.2) is 12.3 Å². The summed E-state index contributed by atoms with van der Waals surface area (Å²) < 4.78 is 6.33. The Balaban J connectivity index is 2.55. The third kappa shape index (κ3) is 3.53. The molecule has 0 fully saturated rings. The molecule has 6 heteroatoms. The van der Waals surface area contributed by atoms with E-state index in [0.29, 0.717) is 0 Å². The van der Waals surface area contributed by atoms with E-state index >= 15 is 0 Å². The van der Waals surface area contributed by atoms with E-state index in [2.05, 4.69) is 5.10 Å². The van der Waals surface area contributed by atoms with E-state index in [1.165, 1.54) is 13.1 Å². The number of hydrogen-bond acceptors (Lipinski definition) is 4. The van der Waals surface area contributed by atoms with Gasteiger partial charge in [-0.2, -0.15) is 0 Å². The van der Waals surface area contributed by atoms with Crippen molar-refractivity contribution in [3.63, 3.8) is 0 Å². The molecule has 15 heavy (non-hydrogen) atoms. The molecular formula is C9H13ClN2O3. The molecule has 1 aromatic rings. The van der Waals surface area contributed by atoms with Crippen molar-refractivity contribution in [2.75, 3.05) is 12.5 Å². The number of alkyl halides is 1. The van der Waals surface area contributed by atoms with E-state index < -0.39 is 5.60 Å². The van der Waals surface area contributed by atoms with Crippen LogP contribution in [-0.2, 0) is 0 Å². The highest BCUT2D eigenvalue weighted by Crippen LogP contribution is 2.11. The van der Waals surface area contributed by atoms with Gasteiger partial charge in [-0.1, -0.05) is 0 Å². The maximum absolute atomic E-state index is 10.9. The van der Waals surface area contributed by atoms with Crippen molar-refractivity contribution in [3.8, 4) is 5.88 Å². The average molecular weight is 233 g/mol. The molecule has 0 spiro atoms. The molecule has 0 aliphatic heterocycles. The third-order valence-electron chi connectivity index (χ3n) is 1.71. The topological polar surface area (TPSA) is 64.3 Å². The van der Waals surface area contributed by atoms with E-state index in [4.69, 9.17) is 16.3 Å². The van der Waals surface area contributed by atoms with Crippen molar-refractivity contribution in [1.82, 2.24) is 9.78 Å². The van der Waals surface area contributed by atoms with E-state index in [-0.39, 0.29) is 24.3 Å². The molecule has 1 N–H and O–H groups in total. The Hall–Kier alpha value is -1.07. The van der Waals surface area contributed by atoms with Gasteiger partial charge in [0.15, 0.2) is 0 Å². The Morgan fingerprint density at radius 3 is 2.93 bits per heavy atom. The van der Waals surface area contributed by atoms with Gasteiger partial charge in [0.05, 0.1) is 5.88 Å². The number of halogens is 1. The monoisotopic (exact) mass is 232 g/mol. The first-order chi connectivity index (χ1) is 6.94. The quantitative estimate of drug-likeness (QED) is 0.784. The van der Waals surface area contributed by atoms with Crippen molar-refractivity contribution in [3.05, 3.63) is 12.3 Å². The second kappa shape index (κ2) is 4.63. The van der Waals surface area contributed by atoms with Gasteiger partial charge in [0.25, 0.3) is 0 Å². The predicted octanol–water partition coefficient (Wildman–Crippen LogP) is 0.912. The second-order valence-electron chi connectivity index (χ2n) is 3.54. The third-order valence-corrected chi connectivity index (χ3v) is 2.28. The van der Waals surface area contributed by atoms with Crippen molar-refractivity contribution in [1.29, 1.82) is 0 Å². The van der Waals surface area contributed by atoms with Gasteiger partial charge in [0.2, 0.25) is 11.8 Å². The Morgan fingerprint density at radius 2 is 2.47 bits per heavy atom. The predicted molar refractivity (Wildman–Crippen MR) is 55.4 cm³/mol. The standard InChI is InChI=1S/C9H13ClN2O3/c1-7(13)12-4-3-8(11-12)15-6-9(2,14)5-10/h3-4,14H,5-6H2,1-2H3. The minimum Gasteiger partial charge on any atom is -0.474 e. The first-order valence-corrected chi connectivity index (χ1v) is 4.96. The lowest BCUT2D eigenvalue weighted by Gasteiger charge is -2.19. The fourth-order valence-corrected chi connectivity index (χ4v) is 0.905. The number of carbonyl (C=O) groups excluding carboxylic acids is 1. The smallest absolute Gasteiger partial charge is 0.243 e. The lowest BCUT2D eigenvalue weighted by molar-refractivity contribution is 0.0297. The normalized spacial score (nSPS) is 14.7. The van der Waals surface area contributed by atoms with Crippen LogP contribution >= 0.6 is 11.6 Å². The van der Waals surface area contributed by atoms with Gasteiger partial charge < -0.3 is 9.84 Å². The van der Waals surface area contributed by atoms with Crippen LogP contribution in [0.5, 0.6) is 5.88 Å². The van der Waals surface area contributed by atoms with E-state index in [1.807, 2.05) is 0 Å². The zero-order valence-corrected chi connectivity index (χ0v) is 9.36. The number of hydrogen-bond donors (Lipinski definition) is 1. The van der Waals surface area contributed by atoms with Crippen molar-refractivity contribution in [2.45, 2.75) is 19.4 Å². The van der Waals surface area contributed by atoms with Gasteiger partial charge in [-0.15, -0.1) is 16.7 Å². The fraction of sp³-hybridized carbons (Fsp3) is 0.556. The highest BCUT2D eigenvalue weighted by molar-refractivity contribution is 6.18. The summed E-state index contributed by atoms with van der Waals surface area (Å²) in [7, 11) is 0. The van der Waals surface area contributed by atoms with Gasteiger partial charge >= 0.3 is 0 Å². The number of nitrogens with zero attached hydrogens (tertiary/aromatic N) is 2. The van der Waals surface area contributed by atoms with Gasteiger partial charge in [-0.25, -0.2) is 4.68 Å². The molecule has 0 saturated heterocycles. The van der Waals surface area contributed by atoms with Crippen LogP contribution in [0.2, 0.25) is 0 Å². The van der Waals surface area contributed by atoms with E-state index in [1.54, 1.807) is 13.0 Å². The van der Waals surface area contributed by atoms with Crippen LogP contribution in [0, 0.1) is 0 Å². The van der Waals surface area contributed by atoms with Crippen LogP contribution in [0.4, 0.5) is 0 Å². The molecule has 84 valence electrons. The first kappa shape index (κ1) is 12.0. The van der Waals surface area contributed by atoms with E-state index in [9.17, 15) is 9.90 Å². The number of carbonyl (C=O) groups is 1. The highest BCUT2D eigenvalue weighted by Gasteiger charge is 2.20. The van der Waals surface area contributed by atoms with Crippen LogP contribution < -0.4 is 4.74 Å². The number of aromatic nitrogens is 2. The molecule has 0 amide bonds. The molecule has 1 rings (SSSR count). The van der Waals surface area contributed by atoms with E-state index in [0.717, 1.165) is 4.68 Å². The maximum atomic E-state index is 10.9. The zero-order chi connectivity index (χ0) is 11.5. The Bertz CT molecular complexity index is 349. The fourth-order valence-electron chi connectivity index (χ4n) is 0.828. The highest BCUT2D eigenvalue weighted by atomic mass is 35.5. The average Bonchev–Trinajstić information content (AvgIpc) is 2.63. The van der Waals surface area contributed by atoms with Crippen molar-refractivity contribution in [2.24, 2.45) is 0 Å². The van der Waals surface area contributed by atoms with Gasteiger partial charge in [-0.3, -0.25) is 4.79 Å². The second-order valence-corrected chi connectivity index (χ2v) is 3.80. The molecule has 0 radical (unpaired) electrons. The SMILES string of the molecule is CC(=O)n1ccc(OCC(C)(O)CCl)n1. The number of rotatable bonds is 4. The maximum Gasteiger partial charge on any atom is 0.243 e. The molecule has 5 nitrogen and oxygen atoms in total. The summed E-state index contributed by atoms with van der Waals surface area (Å²) in [6.45, 7) is 2.99. The first-order valence-electron chi connectivity index (χ1n) is 4.42. The molecular weight excluding hydrogens is 220 g/mol. The molecule has 1 unspecified atom stereocenters. The van der Waals surface area contributed by atoms with Crippen molar-refractivity contribution < 1.29 is 14.6 Å². The summed E-state index contributed by atoms with van der Waals surface area (Å²) in [5.74, 6) is 0.157. The van der Waals surface area contributed by atoms with Crippen LogP contribution in [0.1, 0.15) is 18.6 Å². The van der Waals surface area contributed by atoms with Crippen molar-refractivity contribution >= 4 is 17.5 Å². The van der Waals surface area contributed by atoms with Gasteiger partial charge in [0, 0.05) is 19.2 Å². The molecule has 0 aromatic carbocycles. The summed E-state index contributed by atoms with van der Waals surface area (Å²) in [6, 6.07) is 1.55. The molecule has 1 aromatic heterocycles. The molecule has 0 bridgehead atoms. The molecule has 0 saturated carbocycles. The Labute approximate surface area is 92.6 Å². The summed E-state index contributed by atoms with van der Waals surface area (Å²) in [6.07, 6.45) is 1.49. The minimum absolute atomic E-state index is 0.0332. The number of aliphatic hydroxyl groups is 1. The summed E-state index contributed by atoms with van der Waals surface area (Å²) in [5, 5.41) is 13.4. The Kier molecular flexibility index (Phi) is 3.71. The van der Waals surface area contributed by atoms with Gasteiger partial charge in [-0.05, 0) is 6.92 Å². The largest absolute Gasteiger partial charge is 0.474 e. The Morgan fingerprint density at radius 1 is 1.80 bits per heavy atom. The zero-order valence-electron chi connectivity index (χ0n) is 8.61. The molecule has 1 heterocycles. The molecule has 1 atom stereocenters. The lowest BCUT2D eigenvalue weighted by atomic mass is 10.2. The summed E-state index contributed by atoms with van der Waals surface area (Å²) >= 11 is 5.51. The molecule has 0 aliphatic rings. The minimum atomic E-state index is -1.10. The summed E-state index contributed by atoms with van der Waals surface area (Å²) in [4.78, 5) is 10.9. The van der Waals surface area contributed by atoms with Crippen LogP contribution in [-0.4, -0.2) is 38.9 Å². The van der Waals surface area contributed by atoms with Gasteiger partial charge in [0.1, 0.15) is 12.2 Å². The molecule has 0 aliphatic carbocycles. The summed E-state index contributed by atoms with van der Waals surface area (Å²) in [5.41, 5.74) is -1.10. The van der Waals surface area contributed by atoms with Crippen LogP contribution in [0.3, 0.4) is 0 Å². The lowest BCUT2D eigenvalue weighted by Crippen LogP contribution is -2.34. The van der Waals surface area contributed by atoms with Crippen LogP contribution in [0.25, 0.3) is 0 Å².